The zero-order valence-corrected chi connectivity index (χ0v) is 16.4. The van der Waals surface area contributed by atoms with Crippen LogP contribution in [0.2, 0.25) is 0 Å². The molecule has 0 unspecified atom stereocenters. The van der Waals surface area contributed by atoms with Crippen molar-refractivity contribution >= 4 is 22.6 Å². The molecular weight excluding hydrogens is 360 g/mol. The highest BCUT2D eigenvalue weighted by molar-refractivity contribution is 6.06. The Balaban J connectivity index is 1.21. The molecule has 146 valence electrons. The highest BCUT2D eigenvalue weighted by Crippen LogP contribution is 2.39. The molecule has 1 spiro atoms. The molecule has 0 saturated carbocycles. The molecule has 29 heavy (non-hydrogen) atoms. The Morgan fingerprint density at radius 2 is 1.76 bits per heavy atom. The Labute approximate surface area is 170 Å². The zero-order valence-electron chi connectivity index (χ0n) is 16.4. The number of aromatic nitrogens is 2. The van der Waals surface area contributed by atoms with Crippen LogP contribution in [0.15, 0.2) is 59.9 Å². The molecule has 6 nitrogen and oxygen atoms in total. The maximum Gasteiger partial charge on any atom is 0.134 e. The summed E-state index contributed by atoms with van der Waals surface area (Å²) in [6, 6.07) is 15.0. The van der Waals surface area contributed by atoms with E-state index in [1.807, 2.05) is 0 Å². The van der Waals surface area contributed by atoms with Crippen LogP contribution in [-0.2, 0) is 6.54 Å². The summed E-state index contributed by atoms with van der Waals surface area (Å²) in [5.41, 5.74) is 5.71. The number of fused-ring (bicyclic) bond motifs is 5. The van der Waals surface area contributed by atoms with Crippen LogP contribution in [0.1, 0.15) is 24.0 Å². The molecule has 6 rings (SSSR count). The van der Waals surface area contributed by atoms with Gasteiger partial charge in [0.15, 0.2) is 0 Å². The third-order valence-electron chi connectivity index (χ3n) is 6.52. The number of rotatable bonds is 2. The van der Waals surface area contributed by atoms with E-state index < -0.39 is 0 Å². The van der Waals surface area contributed by atoms with E-state index in [4.69, 9.17) is 4.99 Å². The van der Waals surface area contributed by atoms with E-state index >= 15 is 0 Å². The van der Waals surface area contributed by atoms with Crippen molar-refractivity contribution in [2.45, 2.75) is 25.0 Å². The second-order valence-corrected chi connectivity index (χ2v) is 8.21. The van der Waals surface area contributed by atoms with Crippen LogP contribution in [0.3, 0.4) is 0 Å². The average molecular weight is 384 g/mol. The van der Waals surface area contributed by atoms with Crippen LogP contribution in [0.5, 0.6) is 0 Å². The van der Waals surface area contributed by atoms with Gasteiger partial charge in [0.1, 0.15) is 11.5 Å². The van der Waals surface area contributed by atoms with E-state index in [-0.39, 0.29) is 5.66 Å². The lowest BCUT2D eigenvalue weighted by Gasteiger charge is -2.52. The van der Waals surface area contributed by atoms with E-state index in [0.717, 1.165) is 56.6 Å². The first-order valence-electron chi connectivity index (χ1n) is 10.4. The number of nitrogens with zero attached hydrogens (tertiary/aromatic N) is 5. The number of piperidine rings is 1. The fraction of sp³-hybridized carbons (Fsp3) is 0.348. The monoisotopic (exact) mass is 384 g/mol. The summed E-state index contributed by atoms with van der Waals surface area (Å²) in [6.45, 7) is 5.00. The van der Waals surface area contributed by atoms with Gasteiger partial charge < -0.3 is 10.2 Å². The lowest BCUT2D eigenvalue weighted by atomic mass is 9.90. The molecule has 0 atom stereocenters. The summed E-state index contributed by atoms with van der Waals surface area (Å²) < 4.78 is 0. The first-order valence-corrected chi connectivity index (χ1v) is 10.4. The fourth-order valence-corrected chi connectivity index (χ4v) is 5.04. The largest absolute Gasteiger partial charge is 0.362 e. The molecule has 6 heteroatoms. The Morgan fingerprint density at radius 3 is 2.66 bits per heavy atom. The molecule has 0 bridgehead atoms. The van der Waals surface area contributed by atoms with Crippen LogP contribution >= 0.6 is 0 Å². The SMILES string of the molecule is c1ccc2c(c1)NC1(CCN(Cc3ccc4nccnc4c3)CC1)N1CCN=C21. The zero-order chi connectivity index (χ0) is 19.3. The van der Waals surface area contributed by atoms with E-state index in [1.54, 1.807) is 12.4 Å². The Kier molecular flexibility index (Phi) is 3.81. The van der Waals surface area contributed by atoms with Crippen LogP contribution in [0.25, 0.3) is 11.0 Å². The topological polar surface area (TPSA) is 56.6 Å². The van der Waals surface area contributed by atoms with Gasteiger partial charge in [0.25, 0.3) is 0 Å². The lowest BCUT2D eigenvalue weighted by molar-refractivity contribution is 0.0896. The number of nitrogens with one attached hydrogen (secondary N) is 1. The van der Waals surface area contributed by atoms with Gasteiger partial charge in [-0.25, -0.2) is 0 Å². The molecule has 1 aromatic heterocycles. The predicted molar refractivity (Wildman–Crippen MR) is 115 cm³/mol. The standard InChI is InChI=1S/C23H24N6/c1-2-4-19-18(3-1)22-26-11-14-29(22)23(27-19)7-12-28(13-8-23)16-17-5-6-20-21(15-17)25-10-9-24-20/h1-6,9-10,15,27H,7-8,11-14,16H2. The van der Waals surface area contributed by atoms with Crippen molar-refractivity contribution in [3.8, 4) is 0 Å². The highest BCUT2D eigenvalue weighted by Gasteiger charge is 2.46. The minimum atomic E-state index is -0.00491. The Bertz CT molecular complexity index is 1100. The third-order valence-corrected chi connectivity index (χ3v) is 6.52. The first-order chi connectivity index (χ1) is 14.3. The number of para-hydroxylation sites is 1. The van der Waals surface area contributed by atoms with Gasteiger partial charge in [-0.3, -0.25) is 19.9 Å². The molecule has 3 aliphatic heterocycles. The van der Waals surface area contributed by atoms with Gasteiger partial charge in [-0.2, -0.15) is 0 Å². The van der Waals surface area contributed by atoms with E-state index in [2.05, 4.69) is 67.5 Å². The third kappa shape index (κ3) is 2.78. The number of aliphatic imine (C=N–C) groups is 1. The quantitative estimate of drug-likeness (QED) is 0.736. The minimum absolute atomic E-state index is 0.00491. The lowest BCUT2D eigenvalue weighted by Crippen LogP contribution is -2.63. The van der Waals surface area contributed by atoms with Gasteiger partial charge in [0.2, 0.25) is 0 Å². The molecule has 0 radical (unpaired) electrons. The van der Waals surface area contributed by atoms with Crippen LogP contribution < -0.4 is 5.32 Å². The smallest absolute Gasteiger partial charge is 0.134 e. The van der Waals surface area contributed by atoms with Crippen LogP contribution in [0.4, 0.5) is 5.69 Å². The summed E-state index contributed by atoms with van der Waals surface area (Å²) >= 11 is 0. The van der Waals surface area contributed by atoms with E-state index in [0.29, 0.717) is 0 Å². The predicted octanol–water partition coefficient (Wildman–Crippen LogP) is 3.11. The van der Waals surface area contributed by atoms with Gasteiger partial charge in [0.05, 0.1) is 17.6 Å². The van der Waals surface area contributed by atoms with Crippen LogP contribution in [-0.4, -0.2) is 57.4 Å². The summed E-state index contributed by atoms with van der Waals surface area (Å²) in [6.07, 6.45) is 5.69. The number of hydrogen-bond acceptors (Lipinski definition) is 6. The molecule has 0 amide bonds. The fourth-order valence-electron chi connectivity index (χ4n) is 5.04. The Morgan fingerprint density at radius 1 is 0.931 bits per heavy atom. The normalized spacial score (nSPS) is 20.3. The van der Waals surface area contributed by atoms with Crippen molar-refractivity contribution in [2.75, 3.05) is 31.5 Å². The molecule has 3 aliphatic rings. The van der Waals surface area contributed by atoms with Crippen molar-refractivity contribution in [3.63, 3.8) is 0 Å². The molecule has 4 heterocycles. The number of hydrogen-bond donors (Lipinski definition) is 1. The number of likely N-dealkylation sites (tertiary alicyclic amines) is 1. The number of amidine groups is 1. The van der Waals surface area contributed by atoms with Crippen molar-refractivity contribution in [1.82, 2.24) is 19.8 Å². The van der Waals surface area contributed by atoms with Crippen molar-refractivity contribution in [2.24, 2.45) is 4.99 Å². The average Bonchev–Trinajstić information content (AvgIpc) is 3.27. The van der Waals surface area contributed by atoms with Crippen molar-refractivity contribution in [3.05, 3.63) is 66.0 Å². The Hall–Kier alpha value is -2.99. The van der Waals surface area contributed by atoms with Gasteiger partial charge >= 0.3 is 0 Å². The summed E-state index contributed by atoms with van der Waals surface area (Å²) in [4.78, 5) is 18.7. The highest BCUT2D eigenvalue weighted by atomic mass is 15.4. The van der Waals surface area contributed by atoms with Crippen molar-refractivity contribution < 1.29 is 0 Å². The van der Waals surface area contributed by atoms with Gasteiger partial charge in [-0.05, 0) is 29.8 Å². The summed E-state index contributed by atoms with van der Waals surface area (Å²) in [5, 5.41) is 3.89. The molecule has 3 aromatic rings. The maximum absolute atomic E-state index is 4.84. The van der Waals surface area contributed by atoms with Crippen molar-refractivity contribution in [1.29, 1.82) is 0 Å². The van der Waals surface area contributed by atoms with Crippen LogP contribution in [0, 0.1) is 0 Å². The maximum atomic E-state index is 4.84. The molecule has 1 N–H and O–H groups in total. The minimum Gasteiger partial charge on any atom is -0.362 e. The van der Waals surface area contributed by atoms with E-state index in [1.165, 1.54) is 22.6 Å². The number of benzene rings is 2. The molecule has 1 saturated heterocycles. The van der Waals surface area contributed by atoms with Gasteiger partial charge in [0, 0.05) is 62.7 Å². The second-order valence-electron chi connectivity index (χ2n) is 8.21. The molecule has 1 fully saturated rings. The molecule has 0 aliphatic carbocycles. The first kappa shape index (κ1) is 16.9. The summed E-state index contributed by atoms with van der Waals surface area (Å²) in [7, 11) is 0. The van der Waals surface area contributed by atoms with Gasteiger partial charge in [-0.15, -0.1) is 0 Å². The number of anilines is 1. The second kappa shape index (κ2) is 6.52. The summed E-state index contributed by atoms with van der Waals surface area (Å²) in [5.74, 6) is 1.18. The van der Waals surface area contributed by atoms with E-state index in [9.17, 15) is 0 Å². The molecular formula is C23H24N6. The molecule has 2 aromatic carbocycles. The van der Waals surface area contributed by atoms with Gasteiger partial charge in [-0.1, -0.05) is 18.2 Å².